The number of carbonyl (C=O) groups is 3. The van der Waals surface area contributed by atoms with Gasteiger partial charge in [0.1, 0.15) is 6.04 Å². The number of halogens is 1. The van der Waals surface area contributed by atoms with Crippen molar-refractivity contribution < 1.29 is 14.4 Å². The Morgan fingerprint density at radius 1 is 1.14 bits per heavy atom. The molecule has 0 aliphatic carbocycles. The molecule has 0 saturated carbocycles. The average molecular weight is 407 g/mol. The normalized spacial score (nSPS) is 20.7. The predicted molar refractivity (Wildman–Crippen MR) is 108 cm³/mol. The minimum Gasteiger partial charge on any atom is -0.369 e. The number of benzene rings is 1. The Balaban J connectivity index is 1.36. The van der Waals surface area contributed by atoms with Crippen LogP contribution in [0.4, 0.5) is 5.69 Å². The number of hydrogen-bond donors (Lipinski definition) is 1. The van der Waals surface area contributed by atoms with Crippen LogP contribution in [-0.4, -0.2) is 72.8 Å². The van der Waals surface area contributed by atoms with E-state index in [1.807, 2.05) is 18.2 Å². The zero-order valence-corrected chi connectivity index (χ0v) is 17.0. The van der Waals surface area contributed by atoms with Gasteiger partial charge in [-0.15, -0.1) is 0 Å². The second-order valence-electron chi connectivity index (χ2n) is 7.36. The number of hydrogen-bond acceptors (Lipinski definition) is 5. The van der Waals surface area contributed by atoms with E-state index in [-0.39, 0.29) is 24.1 Å². The third kappa shape index (κ3) is 5.23. The molecular formula is C20H27ClN4O3. The molecule has 7 nitrogen and oxygen atoms in total. The number of piperazine rings is 1. The first-order valence-corrected chi connectivity index (χ1v) is 10.2. The van der Waals surface area contributed by atoms with Gasteiger partial charge in [0, 0.05) is 50.4 Å². The number of amides is 3. The maximum Gasteiger partial charge on any atom is 0.252 e. The van der Waals surface area contributed by atoms with Crippen molar-refractivity contribution in [3.8, 4) is 0 Å². The summed E-state index contributed by atoms with van der Waals surface area (Å²) in [5.74, 6) is -0.765. The number of likely N-dealkylation sites (tertiary alicyclic amines) is 1. The number of rotatable bonds is 7. The van der Waals surface area contributed by atoms with Crippen molar-refractivity contribution in [2.45, 2.75) is 32.2 Å². The lowest BCUT2D eigenvalue weighted by atomic mass is 10.2. The van der Waals surface area contributed by atoms with Crippen LogP contribution >= 0.6 is 11.6 Å². The molecule has 1 atom stereocenters. The summed E-state index contributed by atoms with van der Waals surface area (Å²) in [6, 6.07) is 7.25. The average Bonchev–Trinajstić information content (AvgIpc) is 2.92. The van der Waals surface area contributed by atoms with E-state index >= 15 is 0 Å². The molecule has 1 aromatic rings. The van der Waals surface area contributed by atoms with E-state index in [1.54, 1.807) is 0 Å². The first-order chi connectivity index (χ1) is 13.4. The molecule has 8 heteroatoms. The Morgan fingerprint density at radius 2 is 1.86 bits per heavy atom. The second kappa shape index (κ2) is 9.39. The monoisotopic (exact) mass is 406 g/mol. The van der Waals surface area contributed by atoms with Crippen molar-refractivity contribution in [1.29, 1.82) is 0 Å². The number of anilines is 1. The van der Waals surface area contributed by atoms with E-state index in [1.165, 1.54) is 11.8 Å². The zero-order chi connectivity index (χ0) is 20.1. The maximum absolute atomic E-state index is 12.2. The summed E-state index contributed by atoms with van der Waals surface area (Å²) in [7, 11) is 0. The number of nitrogens with zero attached hydrogens (tertiary/aromatic N) is 3. The van der Waals surface area contributed by atoms with Gasteiger partial charge < -0.3 is 10.2 Å². The fourth-order valence-electron chi connectivity index (χ4n) is 3.78. The Labute approximate surface area is 170 Å². The number of imide groups is 1. The highest BCUT2D eigenvalue weighted by Crippen LogP contribution is 2.21. The summed E-state index contributed by atoms with van der Waals surface area (Å²) in [5, 5.41) is 3.30. The Kier molecular flexibility index (Phi) is 6.91. The SMILES string of the molecule is CC(=O)N[C@H]1CC(=O)N(CCCCN2CCN(c3cccc(Cl)c3)CC2)C1=O. The van der Waals surface area contributed by atoms with Crippen molar-refractivity contribution in [3.05, 3.63) is 29.3 Å². The van der Waals surface area contributed by atoms with Gasteiger partial charge >= 0.3 is 0 Å². The van der Waals surface area contributed by atoms with Gasteiger partial charge in [0.05, 0.1) is 6.42 Å². The molecule has 2 saturated heterocycles. The third-order valence-electron chi connectivity index (χ3n) is 5.27. The highest BCUT2D eigenvalue weighted by Gasteiger charge is 2.38. The summed E-state index contributed by atoms with van der Waals surface area (Å²) in [5.41, 5.74) is 1.16. The molecule has 1 N–H and O–H groups in total. The highest BCUT2D eigenvalue weighted by molar-refractivity contribution is 6.30. The Bertz CT molecular complexity index is 734. The van der Waals surface area contributed by atoms with Gasteiger partial charge in [0.2, 0.25) is 11.8 Å². The third-order valence-corrected chi connectivity index (χ3v) is 5.51. The van der Waals surface area contributed by atoms with Crippen LogP contribution in [-0.2, 0) is 14.4 Å². The van der Waals surface area contributed by atoms with Crippen LogP contribution in [0, 0.1) is 0 Å². The summed E-state index contributed by atoms with van der Waals surface area (Å²) in [6.45, 7) is 6.62. The van der Waals surface area contributed by atoms with E-state index in [0.717, 1.165) is 56.3 Å². The van der Waals surface area contributed by atoms with Gasteiger partial charge in [-0.2, -0.15) is 0 Å². The van der Waals surface area contributed by atoms with Gasteiger partial charge in [-0.1, -0.05) is 17.7 Å². The second-order valence-corrected chi connectivity index (χ2v) is 7.79. The van der Waals surface area contributed by atoms with Crippen LogP contribution in [0.25, 0.3) is 0 Å². The quantitative estimate of drug-likeness (QED) is 0.549. The molecule has 0 aromatic heterocycles. The van der Waals surface area contributed by atoms with Crippen LogP contribution in [0.5, 0.6) is 0 Å². The zero-order valence-electron chi connectivity index (χ0n) is 16.2. The molecular weight excluding hydrogens is 380 g/mol. The van der Waals surface area contributed by atoms with Gasteiger partial charge in [0.15, 0.2) is 0 Å². The smallest absolute Gasteiger partial charge is 0.252 e. The topological polar surface area (TPSA) is 73.0 Å². The van der Waals surface area contributed by atoms with Gasteiger partial charge in [0.25, 0.3) is 5.91 Å². The molecule has 1 aromatic carbocycles. The van der Waals surface area contributed by atoms with Crippen LogP contribution in [0.2, 0.25) is 5.02 Å². The standard InChI is InChI=1S/C20H27ClN4O3/c1-15(26)22-18-14-19(27)25(20(18)28)8-3-2-7-23-9-11-24(12-10-23)17-6-4-5-16(21)13-17/h4-6,13,18H,2-3,7-12,14H2,1H3,(H,22,26)/t18-/m0/s1. The molecule has 0 spiro atoms. The number of carbonyl (C=O) groups excluding carboxylic acids is 3. The minimum atomic E-state index is -0.690. The molecule has 152 valence electrons. The van der Waals surface area contributed by atoms with E-state index in [0.29, 0.717) is 6.54 Å². The lowest BCUT2D eigenvalue weighted by molar-refractivity contribution is -0.139. The molecule has 0 radical (unpaired) electrons. The van der Waals surface area contributed by atoms with Crippen LogP contribution in [0.3, 0.4) is 0 Å². The molecule has 2 fully saturated rings. The first kappa shape index (κ1) is 20.6. The van der Waals surface area contributed by atoms with Crippen molar-refractivity contribution in [2.75, 3.05) is 44.2 Å². The highest BCUT2D eigenvalue weighted by atomic mass is 35.5. The van der Waals surface area contributed by atoms with Crippen molar-refractivity contribution in [1.82, 2.24) is 15.1 Å². The van der Waals surface area contributed by atoms with Crippen molar-refractivity contribution >= 4 is 35.0 Å². The van der Waals surface area contributed by atoms with E-state index in [9.17, 15) is 14.4 Å². The Morgan fingerprint density at radius 3 is 2.54 bits per heavy atom. The molecule has 0 bridgehead atoms. The number of nitrogens with one attached hydrogen (secondary N) is 1. The minimum absolute atomic E-state index is 0.0733. The molecule has 3 rings (SSSR count). The Hall–Kier alpha value is -2.12. The molecule has 0 unspecified atom stereocenters. The summed E-state index contributed by atoms with van der Waals surface area (Å²) < 4.78 is 0. The van der Waals surface area contributed by atoms with E-state index in [2.05, 4.69) is 21.2 Å². The lowest BCUT2D eigenvalue weighted by Crippen LogP contribution is -2.46. The van der Waals surface area contributed by atoms with E-state index < -0.39 is 6.04 Å². The number of unbranched alkanes of at least 4 members (excludes halogenated alkanes) is 1. The summed E-state index contributed by atoms with van der Waals surface area (Å²) in [4.78, 5) is 41.4. The lowest BCUT2D eigenvalue weighted by Gasteiger charge is -2.36. The summed E-state index contributed by atoms with van der Waals surface area (Å²) >= 11 is 6.08. The van der Waals surface area contributed by atoms with E-state index in [4.69, 9.17) is 11.6 Å². The fraction of sp³-hybridized carbons (Fsp3) is 0.550. The fourth-order valence-corrected chi connectivity index (χ4v) is 3.97. The van der Waals surface area contributed by atoms with Crippen molar-refractivity contribution in [3.63, 3.8) is 0 Å². The summed E-state index contributed by atoms with van der Waals surface area (Å²) in [6.07, 6.45) is 1.78. The van der Waals surface area contributed by atoms with Crippen LogP contribution in [0.15, 0.2) is 24.3 Å². The predicted octanol–water partition coefficient (Wildman–Crippen LogP) is 1.51. The van der Waals surface area contributed by atoms with Gasteiger partial charge in [-0.05, 0) is 37.6 Å². The molecule has 28 heavy (non-hydrogen) atoms. The van der Waals surface area contributed by atoms with Crippen molar-refractivity contribution in [2.24, 2.45) is 0 Å². The molecule has 2 aliphatic rings. The van der Waals surface area contributed by atoms with Gasteiger partial charge in [-0.3, -0.25) is 24.2 Å². The molecule has 2 aliphatic heterocycles. The maximum atomic E-state index is 12.2. The van der Waals surface area contributed by atoms with Crippen LogP contribution < -0.4 is 10.2 Å². The molecule has 3 amide bonds. The first-order valence-electron chi connectivity index (χ1n) is 9.78. The molecule has 2 heterocycles. The van der Waals surface area contributed by atoms with Crippen LogP contribution in [0.1, 0.15) is 26.2 Å². The van der Waals surface area contributed by atoms with Gasteiger partial charge in [-0.25, -0.2) is 0 Å². The largest absolute Gasteiger partial charge is 0.369 e.